The number of H-pyrrole nitrogens is 1. The molecule has 1 heterocycles. The van der Waals surface area contributed by atoms with Crippen molar-refractivity contribution < 1.29 is 70.5 Å². The first-order valence-corrected chi connectivity index (χ1v) is 20.9. The zero-order chi connectivity index (χ0) is 49.1. The van der Waals surface area contributed by atoms with Gasteiger partial charge in [-0.1, -0.05) is 120 Å². The molecule has 0 atom stereocenters. The summed E-state index contributed by atoms with van der Waals surface area (Å²) in [5.41, 5.74) is 6.37. The maximum absolute atomic E-state index is 11.7. The number of nitrogens with zero attached hydrogens (tertiary/aromatic N) is 1. The number of ketones is 2. The predicted molar refractivity (Wildman–Crippen MR) is 285 cm³/mol. The van der Waals surface area contributed by atoms with Gasteiger partial charge in [0.05, 0.1) is 24.1 Å². The molecular weight excluding hydrogens is 1010 g/mol. The van der Waals surface area contributed by atoms with Crippen molar-refractivity contribution in [3.05, 3.63) is 218 Å². The van der Waals surface area contributed by atoms with Crippen LogP contribution in [0.25, 0.3) is 41.3 Å². The van der Waals surface area contributed by atoms with Gasteiger partial charge in [0, 0.05) is 32.3 Å². The van der Waals surface area contributed by atoms with E-state index < -0.39 is 0 Å². The van der Waals surface area contributed by atoms with Crippen LogP contribution >= 0.6 is 59.6 Å². The van der Waals surface area contributed by atoms with Gasteiger partial charge < -0.3 is 26.6 Å². The topological polar surface area (TPSA) is 222 Å². The molecule has 6 aromatic carbocycles. The molecule has 18 heteroatoms. The average Bonchev–Trinajstić information content (AvgIpc) is 3.81. The van der Waals surface area contributed by atoms with Gasteiger partial charge in [-0.25, -0.2) is 4.79 Å². The fraction of sp³-hybridized carbons (Fsp3) is 0.0385. The summed E-state index contributed by atoms with van der Waals surface area (Å²) in [6, 6.07) is 42.9. The quantitative estimate of drug-likeness (QED) is 0.0171. The van der Waals surface area contributed by atoms with Crippen molar-refractivity contribution >= 4 is 107 Å². The van der Waals surface area contributed by atoms with Gasteiger partial charge in [0.15, 0.2) is 11.6 Å². The first-order valence-electron chi connectivity index (χ1n) is 19.8. The molecule has 0 saturated carbocycles. The van der Waals surface area contributed by atoms with Crippen molar-refractivity contribution in [2.75, 3.05) is 7.11 Å². The predicted octanol–water partition coefficient (Wildman–Crippen LogP) is 9.73. The van der Waals surface area contributed by atoms with Crippen molar-refractivity contribution in [2.24, 2.45) is 11.7 Å². The summed E-state index contributed by atoms with van der Waals surface area (Å²) in [5, 5.41) is 46.2. The Morgan fingerprint density at radius 1 is 0.600 bits per heavy atom. The van der Waals surface area contributed by atoms with Crippen LogP contribution in [0.3, 0.4) is 0 Å². The van der Waals surface area contributed by atoms with E-state index in [2.05, 4.69) is 26.6 Å². The van der Waals surface area contributed by atoms with E-state index in [-0.39, 0.29) is 96.3 Å². The van der Waals surface area contributed by atoms with E-state index in [1.807, 2.05) is 54.6 Å². The van der Waals surface area contributed by atoms with Crippen LogP contribution < -0.4 is 41.2 Å². The molecule has 0 radical (unpaired) electrons. The number of methoxy groups -OCH3 is 1. The Kier molecular flexibility index (Phi) is 32.0. The molecular formula is C52H50Cl5N4NaO8. The third kappa shape index (κ3) is 24.9. The van der Waals surface area contributed by atoms with Gasteiger partial charge in [0.25, 0.3) is 0 Å². The number of hydrogen-bond acceptors (Lipinski definition) is 11. The summed E-state index contributed by atoms with van der Waals surface area (Å²) in [6.45, 7) is 1.50. The van der Waals surface area contributed by atoms with Gasteiger partial charge in [-0.3, -0.25) is 26.4 Å². The van der Waals surface area contributed by atoms with E-state index in [1.165, 1.54) is 38.3 Å². The van der Waals surface area contributed by atoms with Gasteiger partial charge >= 0.3 is 35.5 Å². The van der Waals surface area contributed by atoms with Gasteiger partial charge in [-0.2, -0.15) is 5.10 Å². The molecule has 0 saturated heterocycles. The molecule has 1 aromatic heterocycles. The number of ether oxygens (including phenoxy) is 1. The summed E-state index contributed by atoms with van der Waals surface area (Å²) in [5.74, 6) is 7.82. The second-order valence-corrected chi connectivity index (χ2v) is 14.9. The number of benzene rings is 6. The number of aliphatic hydroxyl groups excluding tert-OH is 1. The first kappa shape index (κ1) is 63.9. The Labute approximate surface area is 457 Å². The van der Waals surface area contributed by atoms with E-state index >= 15 is 0 Å². The summed E-state index contributed by atoms with van der Waals surface area (Å²) in [7, 11) is 1.34. The molecule has 0 amide bonds. The number of rotatable bonds is 10. The summed E-state index contributed by atoms with van der Waals surface area (Å²) in [6.07, 6.45) is 11.2. The minimum Gasteiger partial charge on any atom is -1.00 e. The second kappa shape index (κ2) is 35.0. The molecule has 7 rings (SSSR count). The number of aromatic hydroxyl groups is 3. The summed E-state index contributed by atoms with van der Waals surface area (Å²) >= 11 is 17.4. The largest absolute Gasteiger partial charge is 1.00 e. The Morgan fingerprint density at radius 3 is 1.49 bits per heavy atom. The number of carbonyl (C=O) groups is 3. The van der Waals surface area contributed by atoms with E-state index in [4.69, 9.17) is 45.0 Å². The Morgan fingerprint density at radius 2 is 1.03 bits per heavy atom. The molecule has 0 spiro atoms. The molecule has 70 heavy (non-hydrogen) atoms. The van der Waals surface area contributed by atoms with Crippen LogP contribution in [0, 0.1) is 0 Å². The van der Waals surface area contributed by atoms with E-state index in [0.717, 1.165) is 39.7 Å². The first-order chi connectivity index (χ1) is 32.2. The Bertz CT molecular complexity index is 2810. The SMILES string of the molecule is CC(=O)/C=C/c1ccc(O)cc1.COC(=O)c1cccc(Cl)c1.Cl.Cl.NN.O=C(C=C(O)c1cccc(Cl)c1)/C=C/c1ccc(O)cc1.Oc1ccc(/C=C/c2cc(-c3cccc(Cl)c3)n[nH]2)cc1.[H-].[Na+]. The Hall–Kier alpha value is -6.13. The number of hydrogen-bond donors (Lipinski definition) is 7. The van der Waals surface area contributed by atoms with E-state index in [0.29, 0.717) is 26.2 Å². The van der Waals surface area contributed by atoms with Crippen LogP contribution in [0.1, 0.15) is 46.7 Å². The minimum absolute atomic E-state index is 0. The van der Waals surface area contributed by atoms with Crippen LogP contribution in [0.5, 0.6) is 17.2 Å². The number of allylic oxidation sites excluding steroid dienone is 3. The molecule has 9 N–H and O–H groups in total. The molecule has 0 aliphatic carbocycles. The number of nitrogens with two attached hydrogens (primary N) is 2. The molecule has 362 valence electrons. The van der Waals surface area contributed by atoms with Crippen LogP contribution in [0.2, 0.25) is 15.1 Å². The van der Waals surface area contributed by atoms with Crippen molar-refractivity contribution in [2.45, 2.75) is 6.92 Å². The number of phenols is 3. The monoisotopic (exact) mass is 1060 g/mol. The molecule has 0 aliphatic rings. The summed E-state index contributed by atoms with van der Waals surface area (Å²) < 4.78 is 4.49. The number of aromatic nitrogens is 2. The van der Waals surface area contributed by atoms with Crippen LogP contribution in [-0.4, -0.2) is 55.3 Å². The smallest absolute Gasteiger partial charge is 1.00 e. The van der Waals surface area contributed by atoms with Gasteiger partial charge in [0.2, 0.25) is 0 Å². The number of hydrazine groups is 1. The zero-order valence-electron chi connectivity index (χ0n) is 38.9. The number of aromatic amines is 1. The number of halogens is 5. The number of nitrogens with one attached hydrogen (secondary N) is 1. The van der Waals surface area contributed by atoms with Crippen molar-refractivity contribution in [1.82, 2.24) is 10.2 Å². The molecule has 0 bridgehead atoms. The van der Waals surface area contributed by atoms with E-state index in [9.17, 15) is 24.6 Å². The number of esters is 1. The van der Waals surface area contributed by atoms with Crippen LogP contribution in [-0.2, 0) is 14.3 Å². The van der Waals surface area contributed by atoms with Crippen molar-refractivity contribution in [3.8, 4) is 28.5 Å². The fourth-order valence-electron chi connectivity index (χ4n) is 5.20. The number of phenolic OH excluding ortho intramolecular Hbond substituents is 3. The Balaban J connectivity index is 0. The maximum Gasteiger partial charge on any atom is 1.00 e. The maximum atomic E-state index is 11.7. The molecule has 0 unspecified atom stereocenters. The fourth-order valence-corrected chi connectivity index (χ4v) is 5.77. The van der Waals surface area contributed by atoms with Crippen molar-refractivity contribution in [1.29, 1.82) is 0 Å². The number of aliphatic hydroxyl groups is 1. The molecule has 0 fully saturated rings. The number of carbonyl (C=O) groups excluding carboxylic acids is 3. The van der Waals surface area contributed by atoms with Gasteiger partial charge in [-0.15, -0.1) is 24.8 Å². The zero-order valence-corrected chi connectivity index (χ0v) is 43.9. The van der Waals surface area contributed by atoms with Gasteiger partial charge in [0.1, 0.15) is 23.0 Å². The second-order valence-electron chi connectivity index (χ2n) is 13.5. The third-order valence-electron chi connectivity index (χ3n) is 8.45. The average molecular weight is 1060 g/mol. The van der Waals surface area contributed by atoms with Crippen molar-refractivity contribution in [3.63, 3.8) is 0 Å². The third-order valence-corrected chi connectivity index (χ3v) is 9.15. The normalized spacial score (nSPS) is 10.2. The minimum atomic E-state index is -0.368. The molecule has 12 nitrogen and oxygen atoms in total. The molecule has 7 aromatic rings. The summed E-state index contributed by atoms with van der Waals surface area (Å²) in [4.78, 5) is 33.2. The van der Waals surface area contributed by atoms with Crippen LogP contribution in [0.15, 0.2) is 170 Å². The molecule has 0 aliphatic heterocycles. The van der Waals surface area contributed by atoms with Gasteiger partial charge in [-0.05, 0) is 127 Å². The van der Waals surface area contributed by atoms with Crippen LogP contribution in [0.4, 0.5) is 0 Å². The van der Waals surface area contributed by atoms with E-state index in [1.54, 1.807) is 109 Å². The standard InChI is InChI=1S/C17H13ClN2O.C17H13ClO3.C10H10O2.C8H7ClO2.2ClH.H4N2.Na.H/c18-14-3-1-2-13(10-14)17-11-15(19-20-17)7-4-12-5-8-16(21)9-6-12;18-14-3-1-2-13(10-14)17(21)11-16(20)9-6-12-4-7-15(19)8-5-12;1-8(11)2-3-9-4-6-10(12)7-5-9;1-11-8(10)6-3-2-4-7(9)5-6;;;1-2;;/h1-11,21H,(H,19,20);1-11,19,21H;2-7,12H,1H3;2-5H,1H3;2*1H;1-2H2;;/q;;;;;;;+1;-1/b7-4+;9-6+,17-11?;3-2+;;;;;;.